The van der Waals surface area contributed by atoms with Gasteiger partial charge in [-0.3, -0.25) is 4.68 Å². The summed E-state index contributed by atoms with van der Waals surface area (Å²) in [4.78, 5) is -0.0947. The van der Waals surface area contributed by atoms with Crippen LogP contribution in [0, 0.1) is 0 Å². The number of sulfonamides is 1. The van der Waals surface area contributed by atoms with Crippen LogP contribution in [0.15, 0.2) is 17.3 Å². The van der Waals surface area contributed by atoms with E-state index in [2.05, 4.69) is 5.10 Å². The van der Waals surface area contributed by atoms with Gasteiger partial charge in [0.05, 0.1) is 12.7 Å². The fraction of sp³-hybridized carbons (Fsp3) is 0.667. The van der Waals surface area contributed by atoms with Crippen molar-refractivity contribution in [3.05, 3.63) is 12.4 Å². The highest BCUT2D eigenvalue weighted by molar-refractivity contribution is 7.89. The lowest BCUT2D eigenvalue weighted by molar-refractivity contribution is 0.126. The third-order valence-electron chi connectivity index (χ3n) is 2.30. The van der Waals surface area contributed by atoms with Gasteiger partial charge < -0.3 is 5.73 Å². The minimum absolute atomic E-state index is 0.0947. The number of nitrogens with zero attached hydrogens (tertiary/aromatic N) is 3. The first-order valence-corrected chi connectivity index (χ1v) is 6.79. The van der Waals surface area contributed by atoms with Crippen molar-refractivity contribution in [2.45, 2.75) is 24.3 Å². The molecule has 0 amide bonds. The number of rotatable bonds is 7. The van der Waals surface area contributed by atoms with Crippen LogP contribution in [-0.2, 0) is 16.6 Å². The second kappa shape index (κ2) is 6.21. The molecule has 0 aromatic carbocycles. The number of hydrogen-bond acceptors (Lipinski definition) is 4. The van der Waals surface area contributed by atoms with Gasteiger partial charge in [0.15, 0.2) is 0 Å². The topological polar surface area (TPSA) is 81.2 Å². The van der Waals surface area contributed by atoms with Crippen LogP contribution in [0.1, 0.15) is 6.42 Å². The predicted molar refractivity (Wildman–Crippen MR) is 61.7 cm³/mol. The van der Waals surface area contributed by atoms with E-state index in [1.54, 1.807) is 0 Å². The van der Waals surface area contributed by atoms with Gasteiger partial charge in [-0.15, -0.1) is 0 Å². The zero-order valence-electron chi connectivity index (χ0n) is 9.96. The molecular weight excluding hydrogens is 266 g/mol. The average molecular weight is 282 g/mol. The Morgan fingerprint density at radius 2 is 2.22 bits per heavy atom. The molecule has 0 radical (unpaired) electrons. The second-order valence-corrected chi connectivity index (χ2v) is 5.80. The molecule has 0 aliphatic heterocycles. The average Bonchev–Trinajstić information content (AvgIpc) is 2.74. The molecule has 0 saturated heterocycles. The van der Waals surface area contributed by atoms with Crippen molar-refractivity contribution in [1.29, 1.82) is 0 Å². The fourth-order valence-corrected chi connectivity index (χ4v) is 2.43. The van der Waals surface area contributed by atoms with Gasteiger partial charge >= 0.3 is 0 Å². The van der Waals surface area contributed by atoms with Gasteiger partial charge in [-0.2, -0.15) is 9.40 Å². The van der Waals surface area contributed by atoms with Crippen LogP contribution in [0.5, 0.6) is 0 Å². The summed E-state index contributed by atoms with van der Waals surface area (Å²) in [5, 5.41) is 3.85. The number of halogens is 2. The van der Waals surface area contributed by atoms with E-state index in [0.717, 1.165) is 13.2 Å². The summed E-state index contributed by atoms with van der Waals surface area (Å²) >= 11 is 0. The molecule has 1 aromatic rings. The molecule has 18 heavy (non-hydrogen) atoms. The molecule has 0 aliphatic carbocycles. The van der Waals surface area contributed by atoms with E-state index in [1.165, 1.54) is 10.9 Å². The van der Waals surface area contributed by atoms with E-state index in [9.17, 15) is 17.2 Å². The van der Waals surface area contributed by atoms with Crippen molar-refractivity contribution >= 4 is 10.0 Å². The van der Waals surface area contributed by atoms with Crippen LogP contribution in [-0.4, -0.2) is 49.1 Å². The summed E-state index contributed by atoms with van der Waals surface area (Å²) < 4.78 is 50.1. The molecule has 2 N–H and O–H groups in total. The van der Waals surface area contributed by atoms with Crippen LogP contribution >= 0.6 is 0 Å². The van der Waals surface area contributed by atoms with E-state index in [0.29, 0.717) is 23.8 Å². The smallest absolute Gasteiger partial charge is 0.252 e. The van der Waals surface area contributed by atoms with Gasteiger partial charge in [-0.25, -0.2) is 17.2 Å². The number of aryl methyl sites for hydroxylation is 1. The largest absolute Gasteiger partial charge is 0.330 e. The quantitative estimate of drug-likeness (QED) is 0.770. The second-order valence-electron chi connectivity index (χ2n) is 3.76. The molecule has 104 valence electrons. The van der Waals surface area contributed by atoms with Crippen molar-refractivity contribution in [2.75, 3.05) is 20.1 Å². The number of alkyl halides is 2. The van der Waals surface area contributed by atoms with Gasteiger partial charge in [0.25, 0.3) is 6.43 Å². The lowest BCUT2D eigenvalue weighted by Gasteiger charge is -2.14. The van der Waals surface area contributed by atoms with Crippen molar-refractivity contribution in [1.82, 2.24) is 14.1 Å². The Balaban J connectivity index is 2.81. The van der Waals surface area contributed by atoms with Crippen molar-refractivity contribution in [3.63, 3.8) is 0 Å². The SMILES string of the molecule is CN(CC(F)F)S(=O)(=O)c1cnn(CCCN)c1. The van der Waals surface area contributed by atoms with Gasteiger partial charge in [0, 0.05) is 19.8 Å². The minimum atomic E-state index is -3.90. The minimum Gasteiger partial charge on any atom is -0.330 e. The molecule has 9 heteroatoms. The van der Waals surface area contributed by atoms with Crippen molar-refractivity contribution < 1.29 is 17.2 Å². The van der Waals surface area contributed by atoms with E-state index < -0.39 is 23.0 Å². The lowest BCUT2D eigenvalue weighted by atomic mass is 10.4. The van der Waals surface area contributed by atoms with Gasteiger partial charge in [0.1, 0.15) is 4.90 Å². The first kappa shape index (κ1) is 15.0. The normalized spacial score (nSPS) is 12.6. The first-order valence-electron chi connectivity index (χ1n) is 5.35. The monoisotopic (exact) mass is 282 g/mol. The zero-order valence-corrected chi connectivity index (χ0v) is 10.8. The summed E-state index contributed by atoms with van der Waals surface area (Å²) in [5.74, 6) is 0. The summed E-state index contributed by atoms with van der Waals surface area (Å²) in [7, 11) is -2.79. The molecule has 0 aliphatic rings. The van der Waals surface area contributed by atoms with E-state index >= 15 is 0 Å². The molecule has 1 aromatic heterocycles. The summed E-state index contributed by atoms with van der Waals surface area (Å²) in [5.41, 5.74) is 5.32. The van der Waals surface area contributed by atoms with Crippen molar-refractivity contribution in [3.8, 4) is 0 Å². The Hall–Kier alpha value is -1.06. The Labute approximate surface area is 104 Å². The van der Waals surface area contributed by atoms with Crippen LogP contribution in [0.4, 0.5) is 8.78 Å². The molecule has 0 spiro atoms. The maximum atomic E-state index is 12.2. The maximum Gasteiger partial charge on any atom is 0.252 e. The van der Waals surface area contributed by atoms with Crippen LogP contribution < -0.4 is 5.73 Å². The Morgan fingerprint density at radius 3 is 2.78 bits per heavy atom. The van der Waals surface area contributed by atoms with Crippen molar-refractivity contribution in [2.24, 2.45) is 5.73 Å². The molecule has 0 unspecified atom stereocenters. The third-order valence-corrected chi connectivity index (χ3v) is 4.08. The number of aromatic nitrogens is 2. The van der Waals surface area contributed by atoms with E-state index in [4.69, 9.17) is 5.73 Å². The summed E-state index contributed by atoms with van der Waals surface area (Å²) in [6.07, 6.45) is 0.409. The van der Waals surface area contributed by atoms with Gasteiger partial charge in [0.2, 0.25) is 10.0 Å². The van der Waals surface area contributed by atoms with Crippen LogP contribution in [0.25, 0.3) is 0 Å². The first-order chi connectivity index (χ1) is 8.37. The predicted octanol–water partition coefficient (Wildman–Crippen LogP) is 0.118. The fourth-order valence-electron chi connectivity index (χ4n) is 1.33. The Kier molecular flexibility index (Phi) is 5.17. The molecule has 0 fully saturated rings. The third kappa shape index (κ3) is 3.72. The molecule has 6 nitrogen and oxygen atoms in total. The van der Waals surface area contributed by atoms with E-state index in [1.807, 2.05) is 0 Å². The highest BCUT2D eigenvalue weighted by Gasteiger charge is 2.24. The molecule has 0 atom stereocenters. The summed E-state index contributed by atoms with van der Waals surface area (Å²) in [6.45, 7) is 0.119. The zero-order chi connectivity index (χ0) is 13.8. The molecule has 0 saturated carbocycles. The molecule has 0 bridgehead atoms. The molecular formula is C9H16F2N4O2S. The highest BCUT2D eigenvalue weighted by Crippen LogP contribution is 2.14. The number of nitrogens with two attached hydrogens (primary N) is 1. The van der Waals surface area contributed by atoms with E-state index in [-0.39, 0.29) is 4.90 Å². The van der Waals surface area contributed by atoms with Gasteiger partial charge in [-0.1, -0.05) is 0 Å². The Bertz CT molecular complexity index is 475. The van der Waals surface area contributed by atoms with Crippen LogP contribution in [0.2, 0.25) is 0 Å². The summed E-state index contributed by atoms with van der Waals surface area (Å²) in [6, 6.07) is 0. The van der Waals surface area contributed by atoms with Crippen LogP contribution in [0.3, 0.4) is 0 Å². The lowest BCUT2D eigenvalue weighted by Crippen LogP contribution is -2.31. The molecule has 1 rings (SSSR count). The maximum absolute atomic E-state index is 12.2. The van der Waals surface area contributed by atoms with Gasteiger partial charge in [-0.05, 0) is 13.0 Å². The molecule has 1 heterocycles. The Morgan fingerprint density at radius 1 is 1.56 bits per heavy atom. The standard InChI is InChI=1S/C9H16F2N4O2S/c1-14(7-9(10)11)18(16,17)8-5-13-15(6-8)4-2-3-12/h5-6,9H,2-4,7,12H2,1H3. The highest BCUT2D eigenvalue weighted by atomic mass is 32.2. The number of hydrogen-bond donors (Lipinski definition) is 1.